The Kier molecular flexibility index (Phi) is 4.14. The molecule has 1 aromatic carbocycles. The molecule has 0 aliphatic heterocycles. The number of nitriles is 1. The van der Waals surface area contributed by atoms with Gasteiger partial charge in [0.2, 0.25) is 0 Å². The second-order valence-corrected chi connectivity index (χ2v) is 6.45. The van der Waals surface area contributed by atoms with Crippen LogP contribution in [0.4, 0.5) is 0 Å². The fraction of sp³-hybridized carbons (Fsp3) is 0.588. The van der Waals surface area contributed by atoms with E-state index in [1.807, 2.05) is 12.1 Å². The van der Waals surface area contributed by atoms with Gasteiger partial charge >= 0.3 is 0 Å². The summed E-state index contributed by atoms with van der Waals surface area (Å²) in [6.45, 7) is 6.61. The first-order chi connectivity index (χ1) is 9.00. The normalized spacial score (nSPS) is 23.7. The van der Waals surface area contributed by atoms with Crippen LogP contribution in [0.1, 0.15) is 52.0 Å². The van der Waals surface area contributed by atoms with E-state index in [2.05, 4.69) is 39.0 Å². The van der Waals surface area contributed by atoms with Gasteiger partial charge in [-0.3, -0.25) is 0 Å². The van der Waals surface area contributed by atoms with Crippen LogP contribution in [0.5, 0.6) is 5.75 Å². The zero-order valence-electron chi connectivity index (χ0n) is 12.1. The number of ether oxygens (including phenoxy) is 1. The Bertz CT molecular complexity index is 450. The lowest BCUT2D eigenvalue weighted by molar-refractivity contribution is 0.120. The molecule has 0 amide bonds. The first kappa shape index (κ1) is 13.9. The lowest BCUT2D eigenvalue weighted by Gasteiger charge is -2.27. The monoisotopic (exact) mass is 257 g/mol. The van der Waals surface area contributed by atoms with Gasteiger partial charge in [0, 0.05) is 0 Å². The average molecular weight is 257 g/mol. The Morgan fingerprint density at radius 1 is 1.11 bits per heavy atom. The molecule has 0 spiro atoms. The molecule has 0 heterocycles. The molecule has 2 nitrogen and oxygen atoms in total. The second kappa shape index (κ2) is 5.65. The van der Waals surface area contributed by atoms with Gasteiger partial charge in [0.25, 0.3) is 0 Å². The van der Waals surface area contributed by atoms with Crippen LogP contribution in [-0.4, -0.2) is 6.10 Å². The Balaban J connectivity index is 2.05. The standard InChI is InChI=1S/C17H23NO/c1-17(2,3)14-8-10-15(11-9-14)19-16-7-5-4-6-13(16)12-18/h8-11,13,16H,4-7H2,1-3H3. The summed E-state index contributed by atoms with van der Waals surface area (Å²) in [6.07, 6.45) is 4.36. The highest BCUT2D eigenvalue weighted by molar-refractivity contribution is 5.31. The molecule has 0 saturated heterocycles. The van der Waals surface area contributed by atoms with E-state index in [0.717, 1.165) is 25.0 Å². The van der Waals surface area contributed by atoms with Crippen molar-refractivity contribution in [3.05, 3.63) is 29.8 Å². The first-order valence-corrected chi connectivity index (χ1v) is 7.17. The number of hydrogen-bond acceptors (Lipinski definition) is 2. The smallest absolute Gasteiger partial charge is 0.119 e. The zero-order chi connectivity index (χ0) is 13.9. The third-order valence-corrected chi connectivity index (χ3v) is 3.88. The molecule has 0 N–H and O–H groups in total. The van der Waals surface area contributed by atoms with E-state index in [0.29, 0.717) is 0 Å². The number of rotatable bonds is 2. The molecule has 1 aliphatic carbocycles. The molecule has 1 saturated carbocycles. The summed E-state index contributed by atoms with van der Waals surface area (Å²) in [5.41, 5.74) is 1.47. The summed E-state index contributed by atoms with van der Waals surface area (Å²) in [6, 6.07) is 10.7. The van der Waals surface area contributed by atoms with Crippen LogP contribution in [-0.2, 0) is 5.41 Å². The van der Waals surface area contributed by atoms with Crippen molar-refractivity contribution in [3.8, 4) is 11.8 Å². The zero-order valence-corrected chi connectivity index (χ0v) is 12.1. The summed E-state index contributed by atoms with van der Waals surface area (Å²) in [4.78, 5) is 0. The van der Waals surface area contributed by atoms with Crippen molar-refractivity contribution in [1.82, 2.24) is 0 Å². The highest BCUT2D eigenvalue weighted by Gasteiger charge is 2.26. The first-order valence-electron chi connectivity index (χ1n) is 7.17. The van der Waals surface area contributed by atoms with Crippen LogP contribution in [0.25, 0.3) is 0 Å². The Hall–Kier alpha value is -1.49. The van der Waals surface area contributed by atoms with Crippen LogP contribution in [0.2, 0.25) is 0 Å². The van der Waals surface area contributed by atoms with Crippen molar-refractivity contribution in [2.75, 3.05) is 0 Å². The molecular formula is C17H23NO. The Labute approximate surface area is 116 Å². The highest BCUT2D eigenvalue weighted by atomic mass is 16.5. The van der Waals surface area contributed by atoms with Crippen molar-refractivity contribution >= 4 is 0 Å². The Morgan fingerprint density at radius 2 is 1.74 bits per heavy atom. The van der Waals surface area contributed by atoms with Gasteiger partial charge in [-0.2, -0.15) is 5.26 Å². The maximum absolute atomic E-state index is 9.16. The summed E-state index contributed by atoms with van der Waals surface area (Å²) in [5, 5.41) is 9.16. The molecule has 1 aliphatic rings. The molecule has 2 unspecified atom stereocenters. The van der Waals surface area contributed by atoms with Gasteiger partial charge in [-0.05, 0) is 42.4 Å². The molecule has 1 fully saturated rings. The van der Waals surface area contributed by atoms with Crippen molar-refractivity contribution in [3.63, 3.8) is 0 Å². The second-order valence-electron chi connectivity index (χ2n) is 6.45. The lowest BCUT2D eigenvalue weighted by atomic mass is 9.86. The van der Waals surface area contributed by atoms with E-state index >= 15 is 0 Å². The summed E-state index contributed by atoms with van der Waals surface area (Å²) in [5.74, 6) is 0.941. The fourth-order valence-corrected chi connectivity index (χ4v) is 2.59. The van der Waals surface area contributed by atoms with Gasteiger partial charge in [-0.1, -0.05) is 39.3 Å². The highest BCUT2D eigenvalue weighted by Crippen LogP contribution is 2.29. The average Bonchev–Trinajstić information content (AvgIpc) is 2.39. The summed E-state index contributed by atoms with van der Waals surface area (Å²) in [7, 11) is 0. The number of benzene rings is 1. The van der Waals surface area contributed by atoms with Crippen LogP contribution in [0.15, 0.2) is 24.3 Å². The van der Waals surface area contributed by atoms with Gasteiger partial charge in [-0.25, -0.2) is 0 Å². The molecule has 102 valence electrons. The largest absolute Gasteiger partial charge is 0.489 e. The van der Waals surface area contributed by atoms with E-state index in [9.17, 15) is 0 Å². The quantitative estimate of drug-likeness (QED) is 0.784. The molecule has 2 heteroatoms. The topological polar surface area (TPSA) is 33.0 Å². The minimum Gasteiger partial charge on any atom is -0.489 e. The fourth-order valence-electron chi connectivity index (χ4n) is 2.59. The van der Waals surface area contributed by atoms with Crippen molar-refractivity contribution < 1.29 is 4.74 Å². The maximum atomic E-state index is 9.16. The van der Waals surface area contributed by atoms with E-state index in [-0.39, 0.29) is 17.4 Å². The third kappa shape index (κ3) is 3.50. The van der Waals surface area contributed by atoms with Gasteiger partial charge in [0.1, 0.15) is 11.9 Å². The van der Waals surface area contributed by atoms with Gasteiger partial charge in [0.15, 0.2) is 0 Å². The van der Waals surface area contributed by atoms with E-state index in [1.54, 1.807) is 0 Å². The van der Waals surface area contributed by atoms with Crippen molar-refractivity contribution in [2.45, 2.75) is 58.0 Å². The van der Waals surface area contributed by atoms with Gasteiger partial charge in [0.05, 0.1) is 12.0 Å². The summed E-state index contributed by atoms with van der Waals surface area (Å²) < 4.78 is 6.00. The minimum atomic E-state index is 0.0519. The third-order valence-electron chi connectivity index (χ3n) is 3.88. The molecule has 19 heavy (non-hydrogen) atoms. The Morgan fingerprint density at radius 3 is 2.32 bits per heavy atom. The molecular weight excluding hydrogens is 234 g/mol. The van der Waals surface area contributed by atoms with E-state index < -0.39 is 0 Å². The molecule has 1 aromatic rings. The number of hydrogen-bond donors (Lipinski definition) is 0. The molecule has 2 rings (SSSR count). The molecule has 0 aromatic heterocycles. The molecule has 2 atom stereocenters. The van der Waals surface area contributed by atoms with Crippen LogP contribution < -0.4 is 4.74 Å². The SMILES string of the molecule is CC(C)(C)c1ccc(OC2CCCCC2C#N)cc1. The maximum Gasteiger partial charge on any atom is 0.119 e. The van der Waals surface area contributed by atoms with Crippen LogP contribution >= 0.6 is 0 Å². The van der Waals surface area contributed by atoms with Gasteiger partial charge < -0.3 is 4.74 Å². The lowest BCUT2D eigenvalue weighted by Crippen LogP contribution is -2.29. The summed E-state index contributed by atoms with van der Waals surface area (Å²) >= 11 is 0. The van der Waals surface area contributed by atoms with Crippen molar-refractivity contribution in [1.29, 1.82) is 5.26 Å². The van der Waals surface area contributed by atoms with Crippen LogP contribution in [0.3, 0.4) is 0 Å². The van der Waals surface area contributed by atoms with Crippen molar-refractivity contribution in [2.24, 2.45) is 5.92 Å². The number of nitrogens with zero attached hydrogens (tertiary/aromatic N) is 1. The molecule has 0 radical (unpaired) electrons. The van der Waals surface area contributed by atoms with E-state index in [4.69, 9.17) is 10.00 Å². The molecule has 0 bridgehead atoms. The van der Waals surface area contributed by atoms with Crippen LogP contribution in [0, 0.1) is 17.2 Å². The van der Waals surface area contributed by atoms with E-state index in [1.165, 1.54) is 12.0 Å². The minimum absolute atomic E-state index is 0.0519. The predicted octanol–water partition coefficient (Wildman–Crippen LogP) is 4.45. The predicted molar refractivity (Wildman–Crippen MR) is 77.1 cm³/mol. The van der Waals surface area contributed by atoms with Gasteiger partial charge in [-0.15, -0.1) is 0 Å².